The molecule has 4 nitrogen and oxygen atoms in total. The first-order valence-electron chi connectivity index (χ1n) is 7.83. The predicted molar refractivity (Wildman–Crippen MR) is 96.9 cm³/mol. The quantitative estimate of drug-likeness (QED) is 0.853. The molecular weight excluding hydrogens is 344 g/mol. The van der Waals surface area contributed by atoms with Gasteiger partial charge in [-0.25, -0.2) is 8.42 Å². The molecule has 1 fully saturated rings. The maximum atomic E-state index is 13.2. The molecule has 2 aromatic carbocycles. The molecule has 0 saturated heterocycles. The van der Waals surface area contributed by atoms with Gasteiger partial charge < -0.3 is 11.5 Å². The van der Waals surface area contributed by atoms with E-state index in [1.54, 1.807) is 36.4 Å². The Morgan fingerprint density at radius 1 is 1.00 bits per heavy atom. The van der Waals surface area contributed by atoms with Gasteiger partial charge in [0.2, 0.25) is 0 Å². The molecule has 0 radical (unpaired) electrons. The zero-order valence-electron chi connectivity index (χ0n) is 13.4. The molecule has 2 aromatic rings. The molecule has 128 valence electrons. The average Bonchev–Trinajstić information content (AvgIpc) is 3.26. The van der Waals surface area contributed by atoms with Crippen LogP contribution in [0.2, 0.25) is 5.02 Å². The highest BCUT2D eigenvalue weighted by molar-refractivity contribution is 7.92. The Kier molecular flexibility index (Phi) is 4.47. The third kappa shape index (κ3) is 2.65. The van der Waals surface area contributed by atoms with Gasteiger partial charge in [0.25, 0.3) is 0 Å². The molecular formula is C18H21ClN2O2S. The van der Waals surface area contributed by atoms with Crippen LogP contribution in [-0.4, -0.2) is 26.8 Å². The van der Waals surface area contributed by atoms with Crippen molar-refractivity contribution < 1.29 is 8.42 Å². The largest absolute Gasteiger partial charge is 0.330 e. The summed E-state index contributed by atoms with van der Waals surface area (Å²) >= 11 is 5.94. The normalized spacial score (nSPS) is 22.3. The van der Waals surface area contributed by atoms with Crippen molar-refractivity contribution in [2.45, 2.75) is 23.0 Å². The van der Waals surface area contributed by atoms with E-state index in [1.807, 2.05) is 19.1 Å². The Hall–Kier alpha value is -1.40. The van der Waals surface area contributed by atoms with Gasteiger partial charge in [0.15, 0.2) is 9.84 Å². The number of halogens is 1. The van der Waals surface area contributed by atoms with Crippen molar-refractivity contribution in [2.75, 3.05) is 13.1 Å². The summed E-state index contributed by atoms with van der Waals surface area (Å²) < 4.78 is 26.3. The summed E-state index contributed by atoms with van der Waals surface area (Å²) in [5.41, 5.74) is 13.2. The zero-order chi connectivity index (χ0) is 17.5. The third-order valence-corrected chi connectivity index (χ3v) is 7.64. The maximum absolute atomic E-state index is 13.2. The van der Waals surface area contributed by atoms with E-state index in [2.05, 4.69) is 0 Å². The summed E-state index contributed by atoms with van der Waals surface area (Å²) in [6.07, 6.45) is 0. The van der Waals surface area contributed by atoms with Crippen LogP contribution in [0.4, 0.5) is 0 Å². The van der Waals surface area contributed by atoms with Crippen LogP contribution >= 0.6 is 11.6 Å². The van der Waals surface area contributed by atoms with E-state index in [0.29, 0.717) is 9.92 Å². The van der Waals surface area contributed by atoms with Crippen molar-refractivity contribution in [3.05, 3.63) is 64.7 Å². The van der Waals surface area contributed by atoms with Gasteiger partial charge in [0, 0.05) is 29.4 Å². The summed E-state index contributed by atoms with van der Waals surface area (Å²) in [7, 11) is -3.51. The minimum Gasteiger partial charge on any atom is -0.330 e. The Bertz CT molecular complexity index is 828. The second-order valence-corrected chi connectivity index (χ2v) is 8.96. The maximum Gasteiger partial charge on any atom is 0.182 e. The zero-order valence-corrected chi connectivity index (χ0v) is 15.0. The van der Waals surface area contributed by atoms with Crippen LogP contribution in [0.5, 0.6) is 0 Å². The minimum atomic E-state index is -3.51. The van der Waals surface area contributed by atoms with Crippen LogP contribution in [0.3, 0.4) is 0 Å². The molecule has 0 spiro atoms. The van der Waals surface area contributed by atoms with Crippen molar-refractivity contribution in [1.82, 2.24) is 0 Å². The highest BCUT2D eigenvalue weighted by Crippen LogP contribution is 2.63. The van der Waals surface area contributed by atoms with E-state index in [9.17, 15) is 8.42 Å². The summed E-state index contributed by atoms with van der Waals surface area (Å²) in [6, 6.07) is 14.2. The van der Waals surface area contributed by atoms with Crippen LogP contribution < -0.4 is 11.5 Å². The number of rotatable bonds is 5. The molecule has 0 aromatic heterocycles. The highest BCUT2D eigenvalue weighted by atomic mass is 35.5. The molecule has 0 unspecified atom stereocenters. The fraction of sp³-hybridized carbons (Fsp3) is 0.333. The Morgan fingerprint density at radius 2 is 1.54 bits per heavy atom. The number of sulfone groups is 1. The van der Waals surface area contributed by atoms with E-state index < -0.39 is 20.5 Å². The average molecular weight is 365 g/mol. The highest BCUT2D eigenvalue weighted by Gasteiger charge is 2.69. The monoisotopic (exact) mass is 364 g/mol. The van der Waals surface area contributed by atoms with E-state index >= 15 is 0 Å². The summed E-state index contributed by atoms with van der Waals surface area (Å²) in [5, 5.41) is 0.00678. The number of aryl methyl sites for hydroxylation is 1. The molecule has 0 bridgehead atoms. The van der Waals surface area contributed by atoms with Crippen molar-refractivity contribution in [3.8, 4) is 0 Å². The molecule has 0 aliphatic heterocycles. The molecule has 3 rings (SSSR count). The van der Waals surface area contributed by atoms with Gasteiger partial charge in [-0.1, -0.05) is 41.4 Å². The number of nitrogens with two attached hydrogens (primary N) is 2. The first-order chi connectivity index (χ1) is 11.4. The number of hydrogen-bond donors (Lipinski definition) is 2. The lowest BCUT2D eigenvalue weighted by atomic mass is 9.99. The number of benzene rings is 2. The van der Waals surface area contributed by atoms with Gasteiger partial charge in [-0.3, -0.25) is 0 Å². The summed E-state index contributed by atoms with van der Waals surface area (Å²) in [5.74, 6) is -0.212. The third-order valence-electron chi connectivity index (χ3n) is 5.05. The molecule has 6 heteroatoms. The van der Waals surface area contributed by atoms with Gasteiger partial charge in [-0.2, -0.15) is 0 Å². The lowest BCUT2D eigenvalue weighted by Crippen LogP contribution is -2.31. The molecule has 1 aliphatic carbocycles. The van der Waals surface area contributed by atoms with Gasteiger partial charge in [0.05, 0.1) is 10.1 Å². The Labute approximate surface area is 147 Å². The second-order valence-electron chi connectivity index (χ2n) is 6.45. The van der Waals surface area contributed by atoms with Gasteiger partial charge in [-0.15, -0.1) is 0 Å². The van der Waals surface area contributed by atoms with Crippen LogP contribution in [0.1, 0.15) is 17.0 Å². The van der Waals surface area contributed by atoms with Gasteiger partial charge >= 0.3 is 0 Å². The topological polar surface area (TPSA) is 86.2 Å². The smallest absolute Gasteiger partial charge is 0.182 e. The minimum absolute atomic E-state index is 0.212. The Balaban J connectivity index is 2.04. The fourth-order valence-electron chi connectivity index (χ4n) is 3.56. The second kappa shape index (κ2) is 6.15. The molecule has 1 aliphatic rings. The molecule has 4 N–H and O–H groups in total. The van der Waals surface area contributed by atoms with E-state index in [0.717, 1.165) is 11.1 Å². The van der Waals surface area contributed by atoms with Crippen molar-refractivity contribution in [3.63, 3.8) is 0 Å². The predicted octanol–water partition coefficient (Wildman–Crippen LogP) is 2.49. The van der Waals surface area contributed by atoms with Crippen LogP contribution in [0.25, 0.3) is 0 Å². The molecule has 0 amide bonds. The molecule has 1 saturated carbocycles. The van der Waals surface area contributed by atoms with Crippen LogP contribution in [0, 0.1) is 12.3 Å². The fourth-order valence-corrected chi connectivity index (χ4v) is 6.16. The standard InChI is InChI=1S/C18H21ClN2O2S/c1-12-2-8-15(9-3-12)24(22,23)17-16(18(17,10-20)11-21)13-4-6-14(19)7-5-13/h2-9,16-17H,10-11,20-21H2,1H3/t16-,17+/m1/s1. The first-order valence-corrected chi connectivity index (χ1v) is 9.75. The SMILES string of the molecule is Cc1ccc(S(=O)(=O)[C@H]2[C@@H](c3ccc(Cl)cc3)C2(CN)CN)cc1. The summed E-state index contributed by atoms with van der Waals surface area (Å²) in [4.78, 5) is 0.320. The van der Waals surface area contributed by atoms with E-state index in [1.165, 1.54) is 0 Å². The molecule has 24 heavy (non-hydrogen) atoms. The van der Waals surface area contributed by atoms with Gasteiger partial charge in [0.1, 0.15) is 0 Å². The van der Waals surface area contributed by atoms with Crippen LogP contribution in [0.15, 0.2) is 53.4 Å². The van der Waals surface area contributed by atoms with E-state index in [-0.39, 0.29) is 19.0 Å². The number of hydrogen-bond acceptors (Lipinski definition) is 4. The Morgan fingerprint density at radius 3 is 2.04 bits per heavy atom. The first kappa shape index (κ1) is 17.4. The molecule has 0 heterocycles. The van der Waals surface area contributed by atoms with Gasteiger partial charge in [-0.05, 0) is 36.8 Å². The molecule has 2 atom stereocenters. The van der Waals surface area contributed by atoms with E-state index in [4.69, 9.17) is 23.1 Å². The summed E-state index contributed by atoms with van der Waals surface area (Å²) in [6.45, 7) is 2.38. The lowest BCUT2D eigenvalue weighted by molar-refractivity contribution is 0.510. The van der Waals surface area contributed by atoms with Crippen LogP contribution in [-0.2, 0) is 9.84 Å². The van der Waals surface area contributed by atoms with Crippen molar-refractivity contribution >= 4 is 21.4 Å². The van der Waals surface area contributed by atoms with Crippen molar-refractivity contribution in [1.29, 1.82) is 0 Å². The van der Waals surface area contributed by atoms with Crippen molar-refractivity contribution in [2.24, 2.45) is 16.9 Å². The lowest BCUT2D eigenvalue weighted by Gasteiger charge is -2.13.